The van der Waals surface area contributed by atoms with Crippen LogP contribution in [-0.2, 0) is 6.42 Å². The van der Waals surface area contributed by atoms with Crippen molar-refractivity contribution in [1.82, 2.24) is 0 Å². The van der Waals surface area contributed by atoms with E-state index in [1.165, 1.54) is 5.56 Å². The van der Waals surface area contributed by atoms with Gasteiger partial charge in [-0.15, -0.1) is 11.8 Å². The number of hydrogen-bond acceptors (Lipinski definition) is 3. The fraction of sp³-hybridized carbons (Fsp3) is 0.250. The lowest BCUT2D eigenvalue weighted by molar-refractivity contribution is 0.198. The van der Waals surface area contributed by atoms with E-state index in [-0.39, 0.29) is 0 Å². The monoisotopic (exact) mass is 350 g/mol. The van der Waals surface area contributed by atoms with Gasteiger partial charge < -0.3 is 9.84 Å². The molecule has 0 radical (unpaired) electrons. The van der Waals surface area contributed by atoms with E-state index in [0.29, 0.717) is 5.75 Å². The normalized spacial score (nSPS) is 14.7. The zero-order valence-corrected chi connectivity index (χ0v) is 13.3. The largest absolute Gasteiger partial charge is 0.493 e. The number of aliphatic hydroxyl groups excluding tert-OH is 1. The summed E-state index contributed by atoms with van der Waals surface area (Å²) in [7, 11) is 0. The highest BCUT2D eigenvalue weighted by Gasteiger charge is 2.20. The third-order valence-corrected chi connectivity index (χ3v) is 4.87. The van der Waals surface area contributed by atoms with Crippen molar-refractivity contribution in [2.45, 2.75) is 17.4 Å². The number of para-hydroxylation sites is 1. The van der Waals surface area contributed by atoms with Crippen LogP contribution in [0.2, 0.25) is 0 Å². The van der Waals surface area contributed by atoms with Gasteiger partial charge in [0.15, 0.2) is 0 Å². The number of hydrogen-bond donors (Lipinski definition) is 1. The molecule has 1 atom stereocenters. The second-order valence-corrected chi connectivity index (χ2v) is 6.73. The number of fused-ring (bicyclic) bond motifs is 1. The first-order chi connectivity index (χ1) is 9.74. The van der Waals surface area contributed by atoms with E-state index in [0.717, 1.165) is 33.7 Å². The SMILES string of the molecule is OC(CSc1cccc(Br)c1)c1cccc2c1OCC2. The molecule has 2 aromatic rings. The highest BCUT2D eigenvalue weighted by molar-refractivity contribution is 9.10. The Hall–Kier alpha value is -0.970. The van der Waals surface area contributed by atoms with Crippen LogP contribution in [0.3, 0.4) is 0 Å². The van der Waals surface area contributed by atoms with Gasteiger partial charge in [0, 0.05) is 27.1 Å². The summed E-state index contributed by atoms with van der Waals surface area (Å²) in [5.74, 6) is 1.51. The minimum atomic E-state index is -0.507. The molecule has 0 saturated heterocycles. The maximum absolute atomic E-state index is 10.4. The van der Waals surface area contributed by atoms with Gasteiger partial charge in [0.25, 0.3) is 0 Å². The second-order valence-electron chi connectivity index (χ2n) is 4.72. The number of rotatable bonds is 4. The van der Waals surface area contributed by atoms with Gasteiger partial charge in [0.2, 0.25) is 0 Å². The van der Waals surface area contributed by atoms with Crippen molar-refractivity contribution in [1.29, 1.82) is 0 Å². The van der Waals surface area contributed by atoms with Crippen molar-refractivity contribution < 1.29 is 9.84 Å². The maximum atomic E-state index is 10.4. The van der Waals surface area contributed by atoms with Crippen molar-refractivity contribution in [2.75, 3.05) is 12.4 Å². The lowest BCUT2D eigenvalue weighted by Gasteiger charge is -2.14. The molecule has 1 aliphatic rings. The summed E-state index contributed by atoms with van der Waals surface area (Å²) in [4.78, 5) is 1.15. The number of ether oxygens (including phenoxy) is 1. The van der Waals surface area contributed by atoms with Crippen LogP contribution in [0.25, 0.3) is 0 Å². The minimum Gasteiger partial charge on any atom is -0.493 e. The van der Waals surface area contributed by atoms with Crippen molar-refractivity contribution in [3.8, 4) is 5.75 Å². The smallest absolute Gasteiger partial charge is 0.128 e. The third kappa shape index (κ3) is 3.03. The minimum absolute atomic E-state index is 0.507. The number of halogens is 1. The molecule has 1 heterocycles. The third-order valence-electron chi connectivity index (χ3n) is 3.31. The van der Waals surface area contributed by atoms with Crippen LogP contribution in [0.5, 0.6) is 5.75 Å². The highest BCUT2D eigenvalue weighted by Crippen LogP contribution is 2.35. The Morgan fingerprint density at radius 2 is 2.10 bits per heavy atom. The Bertz CT molecular complexity index is 615. The Labute approximate surface area is 131 Å². The van der Waals surface area contributed by atoms with Gasteiger partial charge in [-0.05, 0) is 23.8 Å². The molecule has 0 aromatic heterocycles. The fourth-order valence-corrected chi connectivity index (χ4v) is 3.79. The summed E-state index contributed by atoms with van der Waals surface area (Å²) >= 11 is 5.11. The number of benzene rings is 2. The van der Waals surface area contributed by atoms with Crippen LogP contribution in [0.1, 0.15) is 17.2 Å². The molecular formula is C16H15BrO2S. The lowest BCUT2D eigenvalue weighted by Crippen LogP contribution is -2.03. The standard InChI is InChI=1S/C16H15BrO2S/c17-12-4-2-5-13(9-12)20-10-15(18)14-6-1-3-11-7-8-19-16(11)14/h1-6,9,15,18H,7-8,10H2. The van der Waals surface area contributed by atoms with E-state index in [1.807, 2.05) is 30.3 Å². The molecule has 0 saturated carbocycles. The number of thioether (sulfide) groups is 1. The van der Waals surface area contributed by atoms with E-state index in [2.05, 4.69) is 28.1 Å². The van der Waals surface area contributed by atoms with E-state index < -0.39 is 6.10 Å². The predicted molar refractivity (Wildman–Crippen MR) is 85.5 cm³/mol. The van der Waals surface area contributed by atoms with E-state index in [4.69, 9.17) is 4.74 Å². The Kier molecular flexibility index (Phi) is 4.34. The Morgan fingerprint density at radius 1 is 1.25 bits per heavy atom. The molecule has 1 N–H and O–H groups in total. The molecule has 0 aliphatic carbocycles. The predicted octanol–water partition coefficient (Wildman–Crippen LogP) is 4.21. The first-order valence-corrected chi connectivity index (χ1v) is 8.33. The molecule has 104 valence electrons. The average Bonchev–Trinajstić information content (AvgIpc) is 2.93. The second kappa shape index (κ2) is 6.20. The average molecular weight is 351 g/mol. The van der Waals surface area contributed by atoms with Crippen molar-refractivity contribution in [2.24, 2.45) is 0 Å². The molecule has 1 aliphatic heterocycles. The van der Waals surface area contributed by atoms with Crippen LogP contribution >= 0.6 is 27.7 Å². The summed E-state index contributed by atoms with van der Waals surface area (Å²) < 4.78 is 6.70. The summed E-state index contributed by atoms with van der Waals surface area (Å²) in [6.07, 6.45) is 0.432. The first kappa shape index (κ1) is 14.0. The van der Waals surface area contributed by atoms with Gasteiger partial charge in [-0.1, -0.05) is 40.2 Å². The van der Waals surface area contributed by atoms with Gasteiger partial charge in [-0.3, -0.25) is 0 Å². The van der Waals surface area contributed by atoms with E-state index in [9.17, 15) is 5.11 Å². The molecule has 0 fully saturated rings. The molecule has 3 rings (SSSR count). The molecule has 1 unspecified atom stereocenters. The highest BCUT2D eigenvalue weighted by atomic mass is 79.9. The van der Waals surface area contributed by atoms with Crippen molar-refractivity contribution in [3.05, 3.63) is 58.1 Å². The molecular weight excluding hydrogens is 336 g/mol. The fourth-order valence-electron chi connectivity index (χ4n) is 2.32. The van der Waals surface area contributed by atoms with Gasteiger partial charge in [-0.25, -0.2) is 0 Å². The van der Waals surface area contributed by atoms with Crippen LogP contribution in [0.4, 0.5) is 0 Å². The van der Waals surface area contributed by atoms with Gasteiger partial charge in [0.1, 0.15) is 5.75 Å². The molecule has 0 amide bonds. The Morgan fingerprint density at radius 3 is 2.95 bits per heavy atom. The van der Waals surface area contributed by atoms with Gasteiger partial charge in [0.05, 0.1) is 12.7 Å². The topological polar surface area (TPSA) is 29.5 Å². The summed E-state index contributed by atoms with van der Waals surface area (Å²) in [5, 5.41) is 10.4. The lowest BCUT2D eigenvalue weighted by atomic mass is 10.0. The number of aliphatic hydroxyl groups is 1. The maximum Gasteiger partial charge on any atom is 0.128 e. The van der Waals surface area contributed by atoms with Crippen LogP contribution in [0.15, 0.2) is 51.8 Å². The van der Waals surface area contributed by atoms with Crippen LogP contribution in [-0.4, -0.2) is 17.5 Å². The zero-order valence-electron chi connectivity index (χ0n) is 10.9. The quantitative estimate of drug-likeness (QED) is 0.837. The zero-order chi connectivity index (χ0) is 13.9. The Balaban J connectivity index is 1.71. The molecule has 2 aromatic carbocycles. The van der Waals surface area contributed by atoms with Gasteiger partial charge >= 0.3 is 0 Å². The van der Waals surface area contributed by atoms with Crippen molar-refractivity contribution in [3.63, 3.8) is 0 Å². The van der Waals surface area contributed by atoms with E-state index in [1.54, 1.807) is 11.8 Å². The molecule has 0 bridgehead atoms. The summed E-state index contributed by atoms with van der Waals surface area (Å²) in [6.45, 7) is 0.720. The molecule has 2 nitrogen and oxygen atoms in total. The molecule has 20 heavy (non-hydrogen) atoms. The van der Waals surface area contributed by atoms with Crippen LogP contribution < -0.4 is 4.74 Å². The van der Waals surface area contributed by atoms with E-state index >= 15 is 0 Å². The molecule has 4 heteroatoms. The van der Waals surface area contributed by atoms with Crippen LogP contribution in [0, 0.1) is 0 Å². The molecule has 0 spiro atoms. The van der Waals surface area contributed by atoms with Crippen molar-refractivity contribution >= 4 is 27.7 Å². The van der Waals surface area contributed by atoms with Gasteiger partial charge in [-0.2, -0.15) is 0 Å². The summed E-state index contributed by atoms with van der Waals surface area (Å²) in [6, 6.07) is 14.1. The first-order valence-electron chi connectivity index (χ1n) is 6.55. The summed E-state index contributed by atoms with van der Waals surface area (Å²) in [5.41, 5.74) is 2.11.